The number of nitrogens with zero attached hydrogens (tertiary/aromatic N) is 2. The standard InChI is InChI=1S/C15H19N3O2S/c1-2-3-4-6-17-12(14(16)19)9-18-10-5-7-21-13(10)8-11(18)15(17)20/h5,7-8,12H,2-4,6,9H2,1H3,(H2,16,19). The normalized spacial score (nSPS) is 18.2. The molecule has 112 valence electrons. The Hall–Kier alpha value is -1.82. The average Bonchev–Trinajstić information content (AvgIpc) is 3.02. The van der Waals surface area contributed by atoms with Crippen molar-refractivity contribution in [2.75, 3.05) is 6.54 Å². The van der Waals surface area contributed by atoms with Gasteiger partial charge in [-0.15, -0.1) is 11.3 Å². The maximum atomic E-state index is 12.7. The highest BCUT2D eigenvalue weighted by molar-refractivity contribution is 7.17. The Morgan fingerprint density at radius 2 is 2.29 bits per heavy atom. The van der Waals surface area contributed by atoms with Crippen LogP contribution in [0.25, 0.3) is 10.2 Å². The molecule has 2 amide bonds. The van der Waals surface area contributed by atoms with Crippen molar-refractivity contribution in [3.05, 3.63) is 23.2 Å². The van der Waals surface area contributed by atoms with E-state index < -0.39 is 11.9 Å². The van der Waals surface area contributed by atoms with E-state index in [0.29, 0.717) is 18.8 Å². The zero-order valence-electron chi connectivity index (χ0n) is 12.0. The molecule has 2 aromatic rings. The molecular formula is C15H19N3O2S. The number of carbonyl (C=O) groups excluding carboxylic acids is 2. The monoisotopic (exact) mass is 305 g/mol. The van der Waals surface area contributed by atoms with Crippen LogP contribution in [0, 0.1) is 0 Å². The molecular weight excluding hydrogens is 286 g/mol. The van der Waals surface area contributed by atoms with Gasteiger partial charge >= 0.3 is 0 Å². The molecule has 0 aromatic carbocycles. The second kappa shape index (κ2) is 5.52. The van der Waals surface area contributed by atoms with E-state index >= 15 is 0 Å². The van der Waals surface area contributed by atoms with Crippen LogP contribution >= 0.6 is 11.3 Å². The van der Waals surface area contributed by atoms with E-state index in [4.69, 9.17) is 5.73 Å². The number of nitrogens with two attached hydrogens (primary N) is 1. The highest BCUT2D eigenvalue weighted by Crippen LogP contribution is 2.30. The number of carbonyl (C=O) groups is 2. The van der Waals surface area contributed by atoms with Crippen LogP contribution in [-0.2, 0) is 11.3 Å². The predicted molar refractivity (Wildman–Crippen MR) is 83.4 cm³/mol. The summed E-state index contributed by atoms with van der Waals surface area (Å²) in [4.78, 5) is 26.1. The molecule has 1 aliphatic rings. The minimum Gasteiger partial charge on any atom is -0.368 e. The van der Waals surface area contributed by atoms with Crippen molar-refractivity contribution in [1.29, 1.82) is 0 Å². The fourth-order valence-electron chi connectivity index (χ4n) is 2.94. The molecule has 3 rings (SSSR count). The number of rotatable bonds is 5. The fraction of sp³-hybridized carbons (Fsp3) is 0.467. The summed E-state index contributed by atoms with van der Waals surface area (Å²) in [6, 6.07) is 3.37. The number of hydrogen-bond acceptors (Lipinski definition) is 3. The number of thiophene rings is 1. The van der Waals surface area contributed by atoms with Crippen molar-refractivity contribution in [3.8, 4) is 0 Å². The van der Waals surface area contributed by atoms with Crippen LogP contribution < -0.4 is 5.73 Å². The van der Waals surface area contributed by atoms with Gasteiger partial charge in [0, 0.05) is 6.54 Å². The van der Waals surface area contributed by atoms with Crippen LogP contribution in [0.3, 0.4) is 0 Å². The van der Waals surface area contributed by atoms with E-state index in [-0.39, 0.29) is 5.91 Å². The van der Waals surface area contributed by atoms with Gasteiger partial charge in [-0.3, -0.25) is 9.59 Å². The van der Waals surface area contributed by atoms with Gasteiger partial charge in [-0.25, -0.2) is 0 Å². The summed E-state index contributed by atoms with van der Waals surface area (Å²) >= 11 is 1.61. The molecule has 0 fully saturated rings. The van der Waals surface area contributed by atoms with Crippen LogP contribution in [-0.4, -0.2) is 33.9 Å². The number of hydrogen-bond donors (Lipinski definition) is 1. The summed E-state index contributed by atoms with van der Waals surface area (Å²) in [6.45, 7) is 3.17. The molecule has 1 unspecified atom stereocenters. The Bertz CT molecular complexity index is 688. The number of primary amides is 1. The molecule has 1 atom stereocenters. The second-order valence-electron chi connectivity index (χ2n) is 5.43. The molecule has 0 saturated carbocycles. The highest BCUT2D eigenvalue weighted by atomic mass is 32.1. The first-order valence-electron chi connectivity index (χ1n) is 7.30. The lowest BCUT2D eigenvalue weighted by Gasteiger charge is -2.35. The molecule has 5 nitrogen and oxygen atoms in total. The summed E-state index contributed by atoms with van der Waals surface area (Å²) < 4.78 is 3.01. The first-order chi connectivity index (χ1) is 10.1. The Labute approximate surface area is 127 Å². The molecule has 6 heteroatoms. The van der Waals surface area contributed by atoms with Crippen LogP contribution in [0.15, 0.2) is 17.5 Å². The Kier molecular flexibility index (Phi) is 3.71. The largest absolute Gasteiger partial charge is 0.368 e. The molecule has 0 saturated heterocycles. The van der Waals surface area contributed by atoms with Crippen molar-refractivity contribution < 1.29 is 9.59 Å². The van der Waals surface area contributed by atoms with Crippen molar-refractivity contribution in [3.63, 3.8) is 0 Å². The zero-order chi connectivity index (χ0) is 15.0. The third-order valence-electron chi connectivity index (χ3n) is 4.07. The van der Waals surface area contributed by atoms with Gasteiger partial charge in [-0.1, -0.05) is 19.8 Å². The summed E-state index contributed by atoms with van der Waals surface area (Å²) in [5.41, 5.74) is 7.21. The molecule has 0 aliphatic carbocycles. The van der Waals surface area contributed by atoms with Gasteiger partial charge in [0.25, 0.3) is 5.91 Å². The summed E-state index contributed by atoms with van der Waals surface area (Å²) in [6.07, 6.45) is 3.03. The quantitative estimate of drug-likeness (QED) is 0.860. The molecule has 3 heterocycles. The maximum absolute atomic E-state index is 12.7. The molecule has 0 radical (unpaired) electrons. The van der Waals surface area contributed by atoms with Crippen molar-refractivity contribution in [2.45, 2.75) is 38.8 Å². The van der Waals surface area contributed by atoms with Gasteiger partial charge in [-0.2, -0.15) is 0 Å². The molecule has 21 heavy (non-hydrogen) atoms. The first kappa shape index (κ1) is 14.1. The fourth-order valence-corrected chi connectivity index (χ4v) is 3.77. The van der Waals surface area contributed by atoms with Gasteiger partial charge in [-0.05, 0) is 23.9 Å². The third-order valence-corrected chi connectivity index (χ3v) is 4.92. The van der Waals surface area contributed by atoms with Gasteiger partial charge in [0.2, 0.25) is 5.91 Å². The summed E-state index contributed by atoms with van der Waals surface area (Å²) in [5.74, 6) is -0.507. The Morgan fingerprint density at radius 3 is 3.00 bits per heavy atom. The van der Waals surface area contributed by atoms with Crippen molar-refractivity contribution >= 4 is 33.4 Å². The predicted octanol–water partition coefficient (Wildman–Crippen LogP) is 2.20. The van der Waals surface area contributed by atoms with E-state index in [1.54, 1.807) is 16.2 Å². The van der Waals surface area contributed by atoms with Gasteiger partial charge < -0.3 is 15.2 Å². The highest BCUT2D eigenvalue weighted by Gasteiger charge is 2.36. The molecule has 1 aliphatic heterocycles. The Morgan fingerprint density at radius 1 is 1.48 bits per heavy atom. The van der Waals surface area contributed by atoms with Crippen LogP contribution in [0.1, 0.15) is 36.7 Å². The van der Waals surface area contributed by atoms with E-state index in [1.807, 2.05) is 22.1 Å². The van der Waals surface area contributed by atoms with E-state index in [0.717, 1.165) is 29.5 Å². The SMILES string of the molecule is CCCCCN1C(=O)c2cc3sccc3n2CC1C(N)=O. The summed E-state index contributed by atoms with van der Waals surface area (Å²) in [5, 5.41) is 2.00. The second-order valence-corrected chi connectivity index (χ2v) is 6.38. The zero-order valence-corrected chi connectivity index (χ0v) is 12.9. The molecule has 2 N–H and O–H groups in total. The summed E-state index contributed by atoms with van der Waals surface area (Å²) in [7, 11) is 0. The first-order valence-corrected chi connectivity index (χ1v) is 8.18. The number of fused-ring (bicyclic) bond motifs is 3. The lowest BCUT2D eigenvalue weighted by atomic mass is 10.1. The van der Waals surface area contributed by atoms with Gasteiger partial charge in [0.15, 0.2) is 0 Å². The minimum atomic E-state index is -0.544. The molecule has 2 aromatic heterocycles. The topological polar surface area (TPSA) is 68.3 Å². The van der Waals surface area contributed by atoms with Crippen LogP contribution in [0.2, 0.25) is 0 Å². The average molecular weight is 305 g/mol. The smallest absolute Gasteiger partial charge is 0.271 e. The minimum absolute atomic E-state index is 0.0791. The van der Waals surface area contributed by atoms with Gasteiger partial charge in [0.05, 0.1) is 16.8 Å². The van der Waals surface area contributed by atoms with Crippen LogP contribution in [0.4, 0.5) is 0 Å². The van der Waals surface area contributed by atoms with E-state index in [1.165, 1.54) is 0 Å². The third kappa shape index (κ3) is 2.33. The van der Waals surface area contributed by atoms with Crippen LogP contribution in [0.5, 0.6) is 0 Å². The molecule has 0 bridgehead atoms. The number of unbranched alkanes of at least 4 members (excludes halogenated alkanes) is 2. The maximum Gasteiger partial charge on any atom is 0.271 e. The lowest BCUT2D eigenvalue weighted by molar-refractivity contribution is -0.123. The van der Waals surface area contributed by atoms with E-state index in [9.17, 15) is 9.59 Å². The van der Waals surface area contributed by atoms with Gasteiger partial charge in [0.1, 0.15) is 11.7 Å². The van der Waals surface area contributed by atoms with E-state index in [2.05, 4.69) is 6.92 Å². The number of aromatic nitrogens is 1. The molecule has 0 spiro atoms. The number of amides is 2. The van der Waals surface area contributed by atoms with Crippen molar-refractivity contribution in [1.82, 2.24) is 9.47 Å². The Balaban J connectivity index is 1.96. The van der Waals surface area contributed by atoms with Crippen molar-refractivity contribution in [2.24, 2.45) is 5.73 Å². The lowest BCUT2D eigenvalue weighted by Crippen LogP contribution is -2.54.